The summed E-state index contributed by atoms with van der Waals surface area (Å²) in [4.78, 5) is 20.1. The molecule has 194 valence electrons. The number of carbonyl (C=O) groups is 1. The fraction of sp³-hybridized carbons (Fsp3) is 0.500. The van der Waals surface area contributed by atoms with Gasteiger partial charge < -0.3 is 20.9 Å². The lowest BCUT2D eigenvalue weighted by Crippen LogP contribution is -2.53. The van der Waals surface area contributed by atoms with Gasteiger partial charge in [-0.1, -0.05) is 28.9 Å². The third-order valence-corrected chi connectivity index (χ3v) is 7.55. The van der Waals surface area contributed by atoms with Gasteiger partial charge in [0.25, 0.3) is 5.91 Å². The lowest BCUT2D eigenvalue weighted by atomic mass is 9.88. The third-order valence-electron chi connectivity index (χ3n) is 7.06. The summed E-state index contributed by atoms with van der Waals surface area (Å²) in [7, 11) is 0. The van der Waals surface area contributed by atoms with E-state index in [-0.39, 0.29) is 11.7 Å². The van der Waals surface area contributed by atoms with E-state index in [0.29, 0.717) is 40.6 Å². The summed E-state index contributed by atoms with van der Waals surface area (Å²) in [5.41, 5.74) is 2.07. The summed E-state index contributed by atoms with van der Waals surface area (Å²) in [5.74, 6) is 1.28. The fourth-order valence-electron chi connectivity index (χ4n) is 4.83. The Labute approximate surface area is 222 Å². The third kappa shape index (κ3) is 7.53. The predicted molar refractivity (Wildman–Crippen MR) is 148 cm³/mol. The number of nitrogens with zero attached hydrogens (tertiary/aromatic N) is 2. The SMILES string of the molecule is CC1CCC(/N=C(/Nc2ccc(C(=O)NCCc3ccc(Br)cc3F)cc2)N2CCN[C@@H](C)C2)CC1. The molecule has 1 heterocycles. The minimum Gasteiger partial charge on any atom is -0.352 e. The first-order valence-corrected chi connectivity index (χ1v) is 13.8. The molecule has 1 atom stereocenters. The van der Waals surface area contributed by atoms with Crippen LogP contribution in [0.2, 0.25) is 0 Å². The van der Waals surface area contributed by atoms with Crippen LogP contribution in [0, 0.1) is 11.7 Å². The van der Waals surface area contributed by atoms with Gasteiger partial charge in [-0.05, 0) is 86.9 Å². The molecule has 4 rings (SSSR count). The molecule has 0 bridgehead atoms. The van der Waals surface area contributed by atoms with Crippen LogP contribution in [0.4, 0.5) is 10.1 Å². The topological polar surface area (TPSA) is 68.8 Å². The molecule has 2 aromatic rings. The van der Waals surface area contributed by atoms with Crippen molar-refractivity contribution in [3.05, 3.63) is 63.9 Å². The van der Waals surface area contributed by atoms with Gasteiger partial charge in [0.1, 0.15) is 5.82 Å². The Bertz CT molecular complexity index is 1050. The number of hydrogen-bond acceptors (Lipinski definition) is 3. The Hall–Kier alpha value is -2.45. The summed E-state index contributed by atoms with van der Waals surface area (Å²) >= 11 is 3.26. The van der Waals surface area contributed by atoms with E-state index < -0.39 is 0 Å². The summed E-state index contributed by atoms with van der Waals surface area (Å²) in [6.45, 7) is 7.66. The Morgan fingerprint density at radius 2 is 1.89 bits per heavy atom. The van der Waals surface area contributed by atoms with Crippen molar-refractivity contribution in [1.82, 2.24) is 15.5 Å². The monoisotopic (exact) mass is 557 g/mol. The maximum absolute atomic E-state index is 14.0. The maximum atomic E-state index is 14.0. The average Bonchev–Trinajstić information content (AvgIpc) is 2.86. The van der Waals surface area contributed by atoms with E-state index in [0.717, 1.165) is 50.0 Å². The van der Waals surface area contributed by atoms with Crippen LogP contribution in [0.1, 0.15) is 55.5 Å². The van der Waals surface area contributed by atoms with Gasteiger partial charge in [0.05, 0.1) is 6.04 Å². The van der Waals surface area contributed by atoms with E-state index in [9.17, 15) is 9.18 Å². The highest BCUT2D eigenvalue weighted by molar-refractivity contribution is 9.10. The molecular formula is C28H37BrFN5O. The molecule has 1 saturated heterocycles. The zero-order valence-corrected chi connectivity index (χ0v) is 22.8. The molecular weight excluding hydrogens is 521 g/mol. The normalized spacial score (nSPS) is 22.8. The van der Waals surface area contributed by atoms with E-state index in [1.807, 2.05) is 24.3 Å². The number of aliphatic imine (C=N–C) groups is 1. The van der Waals surface area contributed by atoms with Crippen molar-refractivity contribution < 1.29 is 9.18 Å². The van der Waals surface area contributed by atoms with Gasteiger partial charge in [-0.15, -0.1) is 0 Å². The molecule has 6 nitrogen and oxygen atoms in total. The second kappa shape index (κ2) is 12.7. The number of rotatable bonds is 6. The van der Waals surface area contributed by atoms with Gasteiger partial charge in [-0.25, -0.2) is 9.38 Å². The molecule has 0 spiro atoms. The minimum atomic E-state index is -0.270. The van der Waals surface area contributed by atoms with Gasteiger partial charge >= 0.3 is 0 Å². The molecule has 2 aromatic carbocycles. The molecule has 3 N–H and O–H groups in total. The van der Waals surface area contributed by atoms with Crippen molar-refractivity contribution >= 4 is 33.5 Å². The van der Waals surface area contributed by atoms with Crippen molar-refractivity contribution in [2.75, 3.05) is 31.5 Å². The lowest BCUT2D eigenvalue weighted by molar-refractivity contribution is 0.0954. The molecule has 2 aliphatic rings. The second-order valence-corrected chi connectivity index (χ2v) is 11.0. The summed E-state index contributed by atoms with van der Waals surface area (Å²) in [5, 5.41) is 9.93. The lowest BCUT2D eigenvalue weighted by Gasteiger charge is -2.35. The standard InChI is InChI=1S/C28H37BrFN5O/c1-19-3-9-24(10-4-19)33-28(35-16-15-31-20(2)18-35)34-25-11-6-22(7-12-25)27(36)32-14-13-21-5-8-23(29)17-26(21)30/h5-8,11-12,17,19-20,24,31H,3-4,9-10,13-16,18H2,1-2H3,(H,32,36)(H,33,34)/t19?,20-,24?/m0/s1. The van der Waals surface area contributed by atoms with Crippen LogP contribution in [0.25, 0.3) is 0 Å². The quantitative estimate of drug-likeness (QED) is 0.337. The molecule has 36 heavy (non-hydrogen) atoms. The first kappa shape index (κ1) is 26.6. The van der Waals surface area contributed by atoms with Crippen LogP contribution >= 0.6 is 15.9 Å². The van der Waals surface area contributed by atoms with Gasteiger partial charge in [0, 0.05) is 47.9 Å². The molecule has 2 fully saturated rings. The zero-order chi connectivity index (χ0) is 25.5. The number of guanidine groups is 1. The molecule has 0 unspecified atom stereocenters. The van der Waals surface area contributed by atoms with Gasteiger partial charge in [0.2, 0.25) is 0 Å². The van der Waals surface area contributed by atoms with E-state index in [4.69, 9.17) is 4.99 Å². The Kier molecular flexibility index (Phi) is 9.37. The number of anilines is 1. The Balaban J connectivity index is 1.36. The van der Waals surface area contributed by atoms with Crippen LogP contribution < -0.4 is 16.0 Å². The summed E-state index contributed by atoms with van der Waals surface area (Å²) in [6.07, 6.45) is 5.18. The molecule has 1 saturated carbocycles. The largest absolute Gasteiger partial charge is 0.352 e. The first-order valence-electron chi connectivity index (χ1n) is 13.0. The summed E-state index contributed by atoms with van der Waals surface area (Å²) < 4.78 is 14.7. The fourth-order valence-corrected chi connectivity index (χ4v) is 5.17. The predicted octanol–water partition coefficient (Wildman–Crippen LogP) is 5.20. The number of nitrogens with one attached hydrogen (secondary N) is 3. The first-order chi connectivity index (χ1) is 17.4. The van der Waals surface area contributed by atoms with Crippen LogP contribution in [-0.2, 0) is 6.42 Å². The molecule has 8 heteroatoms. The zero-order valence-electron chi connectivity index (χ0n) is 21.2. The van der Waals surface area contributed by atoms with Crippen molar-refractivity contribution in [3.63, 3.8) is 0 Å². The Morgan fingerprint density at radius 1 is 1.14 bits per heavy atom. The minimum absolute atomic E-state index is 0.166. The van der Waals surface area contributed by atoms with E-state index >= 15 is 0 Å². The van der Waals surface area contributed by atoms with E-state index in [1.165, 1.54) is 18.9 Å². The van der Waals surface area contributed by atoms with Crippen molar-refractivity contribution in [2.45, 2.75) is 58.0 Å². The number of carbonyl (C=O) groups excluding carboxylic acids is 1. The van der Waals surface area contributed by atoms with E-state index in [1.54, 1.807) is 12.1 Å². The Morgan fingerprint density at radius 3 is 2.58 bits per heavy atom. The van der Waals surface area contributed by atoms with Crippen LogP contribution in [0.5, 0.6) is 0 Å². The van der Waals surface area contributed by atoms with Crippen LogP contribution in [0.3, 0.4) is 0 Å². The highest BCUT2D eigenvalue weighted by Gasteiger charge is 2.23. The number of amides is 1. The van der Waals surface area contributed by atoms with Crippen molar-refractivity contribution in [3.8, 4) is 0 Å². The molecule has 0 aromatic heterocycles. The van der Waals surface area contributed by atoms with Crippen LogP contribution in [-0.4, -0.2) is 55.0 Å². The molecule has 0 radical (unpaired) electrons. The molecule has 1 aliphatic carbocycles. The van der Waals surface area contributed by atoms with Crippen LogP contribution in [0.15, 0.2) is 51.9 Å². The summed E-state index contributed by atoms with van der Waals surface area (Å²) in [6, 6.07) is 13.2. The highest BCUT2D eigenvalue weighted by Crippen LogP contribution is 2.26. The van der Waals surface area contributed by atoms with Gasteiger partial charge in [-0.3, -0.25) is 4.79 Å². The molecule has 1 aliphatic heterocycles. The van der Waals surface area contributed by atoms with Crippen molar-refractivity contribution in [1.29, 1.82) is 0 Å². The number of piperazine rings is 1. The number of benzene rings is 2. The smallest absolute Gasteiger partial charge is 0.251 e. The maximum Gasteiger partial charge on any atom is 0.251 e. The number of halogens is 2. The average molecular weight is 559 g/mol. The van der Waals surface area contributed by atoms with Crippen molar-refractivity contribution in [2.24, 2.45) is 10.9 Å². The second-order valence-electron chi connectivity index (χ2n) is 10.1. The highest BCUT2D eigenvalue weighted by atomic mass is 79.9. The molecule has 1 amide bonds. The van der Waals surface area contributed by atoms with Gasteiger partial charge in [0.15, 0.2) is 5.96 Å². The van der Waals surface area contributed by atoms with E-state index in [2.05, 4.69) is 50.6 Å². The van der Waals surface area contributed by atoms with Gasteiger partial charge in [-0.2, -0.15) is 0 Å². The number of hydrogen-bond donors (Lipinski definition) is 3.